The highest BCUT2D eigenvalue weighted by molar-refractivity contribution is 6.04. The van der Waals surface area contributed by atoms with Crippen molar-refractivity contribution in [1.82, 2.24) is 5.32 Å². The lowest BCUT2D eigenvalue weighted by molar-refractivity contribution is -0.125. The maximum atomic E-state index is 12.5. The number of anilines is 1. The van der Waals surface area contributed by atoms with Crippen molar-refractivity contribution in [1.29, 1.82) is 0 Å². The number of nitrogens with one attached hydrogen (secondary N) is 2. The minimum atomic E-state index is -0.521. The number of hydrogen-bond acceptors (Lipinski definition) is 4. The quantitative estimate of drug-likeness (QED) is 0.770. The third-order valence-electron chi connectivity index (χ3n) is 4.71. The van der Waals surface area contributed by atoms with Gasteiger partial charge in [0.2, 0.25) is 11.8 Å². The van der Waals surface area contributed by atoms with Gasteiger partial charge in [-0.15, -0.1) is 0 Å². The molecule has 3 atom stereocenters. The minimum absolute atomic E-state index is 0.122. The molecule has 2 aromatic carbocycles. The number of amides is 2. The maximum absolute atomic E-state index is 12.5. The van der Waals surface area contributed by atoms with Gasteiger partial charge in [-0.3, -0.25) is 9.59 Å². The van der Waals surface area contributed by atoms with Crippen LogP contribution in [0.1, 0.15) is 35.3 Å². The predicted octanol–water partition coefficient (Wildman–Crippen LogP) is 2.93. The Balaban J connectivity index is 1.58. The van der Waals surface area contributed by atoms with E-state index in [4.69, 9.17) is 4.74 Å². The van der Waals surface area contributed by atoms with Gasteiger partial charge in [0, 0.05) is 0 Å². The second-order valence-electron chi connectivity index (χ2n) is 6.62. The number of para-hydroxylation sites is 1. The molecule has 0 spiro atoms. The van der Waals surface area contributed by atoms with Crippen molar-refractivity contribution < 1.29 is 19.1 Å². The van der Waals surface area contributed by atoms with Crippen LogP contribution in [-0.2, 0) is 14.3 Å². The molecule has 6 nitrogen and oxygen atoms in total. The summed E-state index contributed by atoms with van der Waals surface area (Å²) in [5, 5.41) is 5.69. The van der Waals surface area contributed by atoms with E-state index in [-0.39, 0.29) is 29.3 Å². The van der Waals surface area contributed by atoms with Crippen molar-refractivity contribution in [3.05, 3.63) is 65.7 Å². The summed E-state index contributed by atoms with van der Waals surface area (Å²) >= 11 is 0. The smallest absolute Gasteiger partial charge is 0.339 e. The normalized spacial score (nSPS) is 18.9. The van der Waals surface area contributed by atoms with Gasteiger partial charge in [0.25, 0.3) is 0 Å². The lowest BCUT2D eigenvalue weighted by atomic mass is 10.1. The summed E-state index contributed by atoms with van der Waals surface area (Å²) in [6.45, 7) is 1.91. The molecule has 27 heavy (non-hydrogen) atoms. The van der Waals surface area contributed by atoms with Gasteiger partial charge in [-0.1, -0.05) is 42.5 Å². The van der Waals surface area contributed by atoms with Crippen molar-refractivity contribution in [2.75, 3.05) is 12.4 Å². The number of ether oxygens (including phenoxy) is 1. The van der Waals surface area contributed by atoms with Crippen LogP contribution in [0.2, 0.25) is 0 Å². The van der Waals surface area contributed by atoms with E-state index in [0.29, 0.717) is 12.1 Å². The van der Waals surface area contributed by atoms with Gasteiger partial charge in [-0.2, -0.15) is 0 Å². The first-order valence-corrected chi connectivity index (χ1v) is 8.84. The number of methoxy groups -OCH3 is 1. The van der Waals surface area contributed by atoms with E-state index < -0.39 is 11.9 Å². The van der Waals surface area contributed by atoms with Crippen LogP contribution in [0.15, 0.2) is 54.6 Å². The van der Waals surface area contributed by atoms with Gasteiger partial charge in [-0.25, -0.2) is 4.79 Å². The molecule has 1 saturated carbocycles. The molecule has 1 aliphatic carbocycles. The van der Waals surface area contributed by atoms with Crippen molar-refractivity contribution in [2.45, 2.75) is 19.4 Å². The Kier molecular flexibility index (Phi) is 5.54. The molecule has 3 rings (SSSR count). The zero-order valence-corrected chi connectivity index (χ0v) is 15.3. The molecule has 1 aliphatic rings. The van der Waals surface area contributed by atoms with Crippen LogP contribution in [0.4, 0.5) is 5.69 Å². The Labute approximate surface area is 157 Å². The summed E-state index contributed by atoms with van der Waals surface area (Å²) in [6, 6.07) is 16.2. The Morgan fingerprint density at radius 2 is 1.59 bits per heavy atom. The molecule has 2 aromatic rings. The number of benzene rings is 2. The number of carbonyl (C=O) groups excluding carboxylic acids is 3. The van der Waals surface area contributed by atoms with E-state index in [2.05, 4.69) is 10.6 Å². The average Bonchev–Trinajstić information content (AvgIpc) is 3.49. The summed E-state index contributed by atoms with van der Waals surface area (Å²) in [5.41, 5.74) is 1.69. The van der Waals surface area contributed by atoms with Gasteiger partial charge in [0.15, 0.2) is 0 Å². The largest absolute Gasteiger partial charge is 0.465 e. The molecule has 3 unspecified atom stereocenters. The fraction of sp³-hybridized carbons (Fsp3) is 0.286. The highest BCUT2D eigenvalue weighted by atomic mass is 16.5. The van der Waals surface area contributed by atoms with Crippen molar-refractivity contribution in [3.8, 4) is 0 Å². The SMILES string of the molecule is COC(=O)c1ccccc1NC(=O)C1CC1C(=O)NC(C)c1ccccc1. The minimum Gasteiger partial charge on any atom is -0.465 e. The van der Waals surface area contributed by atoms with Crippen molar-refractivity contribution >= 4 is 23.5 Å². The summed E-state index contributed by atoms with van der Waals surface area (Å²) in [5.74, 6) is -1.65. The van der Waals surface area contributed by atoms with E-state index in [1.807, 2.05) is 37.3 Å². The number of esters is 1. The van der Waals surface area contributed by atoms with E-state index in [1.165, 1.54) is 7.11 Å². The Bertz CT molecular complexity index is 850. The third-order valence-corrected chi connectivity index (χ3v) is 4.71. The molecule has 0 saturated heterocycles. The van der Waals surface area contributed by atoms with Crippen molar-refractivity contribution in [3.63, 3.8) is 0 Å². The zero-order valence-electron chi connectivity index (χ0n) is 15.3. The molecule has 2 amide bonds. The van der Waals surface area contributed by atoms with Gasteiger partial charge in [0.1, 0.15) is 0 Å². The van der Waals surface area contributed by atoms with Crippen LogP contribution >= 0.6 is 0 Å². The van der Waals surface area contributed by atoms with Gasteiger partial charge in [0.05, 0.1) is 36.2 Å². The molecule has 0 aliphatic heterocycles. The van der Waals surface area contributed by atoms with Crippen LogP contribution in [-0.4, -0.2) is 24.9 Å². The monoisotopic (exact) mass is 366 g/mol. The van der Waals surface area contributed by atoms with Crippen LogP contribution in [0, 0.1) is 11.8 Å². The first-order valence-electron chi connectivity index (χ1n) is 8.84. The number of rotatable bonds is 6. The molecule has 6 heteroatoms. The zero-order chi connectivity index (χ0) is 19.4. The number of carbonyl (C=O) groups is 3. The molecule has 0 bridgehead atoms. The van der Waals surface area contributed by atoms with Crippen LogP contribution in [0.25, 0.3) is 0 Å². The van der Waals surface area contributed by atoms with Gasteiger partial charge < -0.3 is 15.4 Å². The van der Waals surface area contributed by atoms with Gasteiger partial charge in [-0.05, 0) is 31.0 Å². The van der Waals surface area contributed by atoms with Crippen LogP contribution < -0.4 is 10.6 Å². The fourth-order valence-corrected chi connectivity index (χ4v) is 3.03. The molecule has 2 N–H and O–H groups in total. The van der Waals surface area contributed by atoms with Crippen molar-refractivity contribution in [2.24, 2.45) is 11.8 Å². The molecule has 1 fully saturated rings. The van der Waals surface area contributed by atoms with Crippen LogP contribution in [0.3, 0.4) is 0 Å². The first-order chi connectivity index (χ1) is 13.0. The highest BCUT2D eigenvalue weighted by Crippen LogP contribution is 2.40. The molecule has 0 aromatic heterocycles. The summed E-state index contributed by atoms with van der Waals surface area (Å²) in [6.07, 6.45) is 0.500. The Morgan fingerprint density at radius 3 is 2.30 bits per heavy atom. The standard InChI is InChI=1S/C21H22N2O4/c1-13(14-8-4-3-5-9-14)22-19(24)16-12-17(16)20(25)23-18-11-7-6-10-15(18)21(26)27-2/h3-11,13,16-17H,12H2,1-2H3,(H,22,24)(H,23,25). The second-order valence-corrected chi connectivity index (χ2v) is 6.62. The van der Waals surface area contributed by atoms with E-state index in [9.17, 15) is 14.4 Å². The molecular formula is C21H22N2O4. The maximum Gasteiger partial charge on any atom is 0.339 e. The predicted molar refractivity (Wildman–Crippen MR) is 101 cm³/mol. The van der Waals surface area contributed by atoms with E-state index in [1.54, 1.807) is 24.3 Å². The Hall–Kier alpha value is -3.15. The van der Waals surface area contributed by atoms with E-state index >= 15 is 0 Å². The summed E-state index contributed by atoms with van der Waals surface area (Å²) in [7, 11) is 1.29. The highest BCUT2D eigenvalue weighted by Gasteiger charge is 2.48. The molecule has 0 heterocycles. The average molecular weight is 366 g/mol. The summed E-state index contributed by atoms with van der Waals surface area (Å²) < 4.78 is 4.73. The van der Waals surface area contributed by atoms with Crippen LogP contribution in [0.5, 0.6) is 0 Å². The molecule has 0 radical (unpaired) electrons. The molecule has 140 valence electrons. The first kappa shape index (κ1) is 18.6. The third kappa shape index (κ3) is 4.34. The lowest BCUT2D eigenvalue weighted by Gasteiger charge is -2.14. The number of hydrogen-bond donors (Lipinski definition) is 2. The fourth-order valence-electron chi connectivity index (χ4n) is 3.03. The second kappa shape index (κ2) is 8.03. The van der Waals surface area contributed by atoms with Gasteiger partial charge >= 0.3 is 5.97 Å². The topological polar surface area (TPSA) is 84.5 Å². The lowest BCUT2D eigenvalue weighted by Crippen LogP contribution is -2.30. The summed E-state index contributed by atoms with van der Waals surface area (Å²) in [4.78, 5) is 36.7. The Morgan fingerprint density at radius 1 is 0.963 bits per heavy atom. The molecular weight excluding hydrogens is 344 g/mol. The van der Waals surface area contributed by atoms with E-state index in [0.717, 1.165) is 5.56 Å².